The van der Waals surface area contributed by atoms with Crippen molar-refractivity contribution in [1.82, 2.24) is 4.98 Å². The van der Waals surface area contributed by atoms with E-state index < -0.39 is 0 Å². The van der Waals surface area contributed by atoms with Crippen LogP contribution in [-0.2, 0) is 5.41 Å². The highest BCUT2D eigenvalue weighted by Crippen LogP contribution is 2.63. The van der Waals surface area contributed by atoms with Gasteiger partial charge in [0.1, 0.15) is 0 Å². The minimum atomic E-state index is -0.332. The van der Waals surface area contributed by atoms with E-state index in [4.69, 9.17) is 0 Å². The minimum Gasteiger partial charge on any atom is -0.263 e. The lowest BCUT2D eigenvalue weighted by Crippen LogP contribution is -2.25. The van der Waals surface area contributed by atoms with E-state index in [1.54, 1.807) is 0 Å². The first-order chi connectivity index (χ1) is 33.7. The predicted octanol–water partition coefficient (Wildman–Crippen LogP) is 17.8. The van der Waals surface area contributed by atoms with Crippen molar-refractivity contribution >= 4 is 31.5 Å². The van der Waals surface area contributed by atoms with Crippen molar-refractivity contribution in [3.8, 4) is 89.0 Å². The summed E-state index contributed by atoms with van der Waals surface area (Å²) >= 11 is 1.81. The quantitative estimate of drug-likeness (QED) is 0.162. The van der Waals surface area contributed by atoms with E-state index in [-0.39, 0.29) is 5.41 Å². The third-order valence-corrected chi connectivity index (χ3v) is 15.7. The second-order valence-electron chi connectivity index (χ2n) is 18.2. The van der Waals surface area contributed by atoms with Crippen LogP contribution < -0.4 is 0 Å². The maximum absolute atomic E-state index is 4.35. The number of nitrogens with zero attached hydrogens (tertiary/aromatic N) is 1. The second-order valence-corrected chi connectivity index (χ2v) is 19.3. The molecule has 0 atom stereocenters. The van der Waals surface area contributed by atoms with Crippen LogP contribution in [0.4, 0.5) is 0 Å². The zero-order chi connectivity index (χ0) is 44.8. The standard InChI is InChI=1S/C66H41NS/c1-4-25-60-54(22-1)55-23-2-5-26-61(55)66(60)62-27-6-3-24-56(62)59-39-52(29-31-63(59)66)50-20-10-18-48(37-50)46-16-8-14-44(35-46)42-12-7-13-43(34-42)45-15-9-17-47(36-45)49-19-11-21-51(38-49)53-28-30-57-58-32-33-67-41-65(58)68-64(57)40-53/h1-41H. The van der Waals surface area contributed by atoms with Crippen molar-refractivity contribution in [1.29, 1.82) is 0 Å². The summed E-state index contributed by atoms with van der Waals surface area (Å²) in [7, 11) is 0. The molecular weight excluding hydrogens is 839 g/mol. The average molecular weight is 880 g/mol. The van der Waals surface area contributed by atoms with Gasteiger partial charge in [-0.15, -0.1) is 11.3 Å². The molecule has 0 saturated heterocycles. The molecule has 0 aliphatic heterocycles. The van der Waals surface area contributed by atoms with Gasteiger partial charge in [0.25, 0.3) is 0 Å². The molecule has 0 saturated carbocycles. The highest BCUT2D eigenvalue weighted by atomic mass is 32.1. The van der Waals surface area contributed by atoms with Gasteiger partial charge in [0.15, 0.2) is 0 Å². The van der Waals surface area contributed by atoms with E-state index in [9.17, 15) is 0 Å². The van der Waals surface area contributed by atoms with Crippen molar-refractivity contribution in [3.05, 3.63) is 271 Å². The van der Waals surface area contributed by atoms with Crippen molar-refractivity contribution in [3.63, 3.8) is 0 Å². The molecule has 0 amide bonds. The third-order valence-electron chi connectivity index (χ3n) is 14.6. The number of hydrogen-bond donors (Lipinski definition) is 0. The van der Waals surface area contributed by atoms with Gasteiger partial charge in [-0.05, 0) is 160 Å². The fourth-order valence-electron chi connectivity index (χ4n) is 11.5. The van der Waals surface area contributed by atoms with Crippen LogP contribution in [0, 0.1) is 0 Å². The zero-order valence-electron chi connectivity index (χ0n) is 37.0. The molecule has 0 unspecified atom stereocenters. The van der Waals surface area contributed by atoms with Gasteiger partial charge < -0.3 is 0 Å². The number of fused-ring (bicyclic) bond motifs is 13. The highest BCUT2D eigenvalue weighted by molar-refractivity contribution is 7.25. The Morgan fingerprint density at radius 1 is 0.265 bits per heavy atom. The molecule has 0 fully saturated rings. The van der Waals surface area contributed by atoms with Gasteiger partial charge in [0, 0.05) is 27.9 Å². The third kappa shape index (κ3) is 5.98. The summed E-state index contributed by atoms with van der Waals surface area (Å²) in [4.78, 5) is 4.35. The monoisotopic (exact) mass is 879 g/mol. The van der Waals surface area contributed by atoms with E-state index in [0.29, 0.717) is 0 Å². The molecule has 10 aromatic carbocycles. The van der Waals surface area contributed by atoms with E-state index in [2.05, 4.69) is 242 Å². The Kier molecular flexibility index (Phi) is 8.74. The Morgan fingerprint density at radius 2 is 0.618 bits per heavy atom. The summed E-state index contributed by atoms with van der Waals surface area (Å²) in [5, 5.41) is 2.56. The SMILES string of the molecule is c1cc(-c2cccc(-c3cccc(-c4ccc5c(c4)-c4ccccc4C54c5ccccc5-c5ccccc54)c3)c2)cc(-c2cccc(-c3cccc(-c4ccc5c(c4)sc4cnccc45)c3)c2)c1. The summed E-state index contributed by atoms with van der Waals surface area (Å²) in [6, 6.07) is 88.1. The van der Waals surface area contributed by atoms with E-state index in [1.807, 2.05) is 23.7 Å². The summed E-state index contributed by atoms with van der Waals surface area (Å²) in [6.45, 7) is 0. The first-order valence-electron chi connectivity index (χ1n) is 23.4. The van der Waals surface area contributed by atoms with E-state index in [0.717, 1.165) is 0 Å². The van der Waals surface area contributed by atoms with E-state index >= 15 is 0 Å². The van der Waals surface area contributed by atoms with Crippen molar-refractivity contribution < 1.29 is 0 Å². The van der Waals surface area contributed by atoms with Crippen LogP contribution in [0.1, 0.15) is 22.3 Å². The first kappa shape index (κ1) is 38.8. The second kappa shape index (κ2) is 15.3. The number of thiophene rings is 1. The summed E-state index contributed by atoms with van der Waals surface area (Å²) in [5.41, 5.74) is 24.9. The normalized spacial score (nSPS) is 12.8. The van der Waals surface area contributed by atoms with Crippen LogP contribution in [0.3, 0.4) is 0 Å². The van der Waals surface area contributed by atoms with Crippen molar-refractivity contribution in [2.45, 2.75) is 5.41 Å². The first-order valence-corrected chi connectivity index (χ1v) is 24.2. The molecule has 2 heterocycles. The fraction of sp³-hybridized carbons (Fsp3) is 0.0152. The van der Waals surface area contributed by atoms with Gasteiger partial charge in [-0.25, -0.2) is 0 Å². The number of aromatic nitrogens is 1. The van der Waals surface area contributed by atoms with Crippen molar-refractivity contribution in [2.75, 3.05) is 0 Å². The molecule has 0 bridgehead atoms. The molecule has 2 heteroatoms. The van der Waals surface area contributed by atoms with Crippen LogP contribution in [0.25, 0.3) is 109 Å². The van der Waals surface area contributed by atoms with Gasteiger partial charge >= 0.3 is 0 Å². The van der Waals surface area contributed by atoms with Crippen LogP contribution >= 0.6 is 11.3 Å². The fourth-order valence-corrected chi connectivity index (χ4v) is 12.6. The van der Waals surface area contributed by atoms with Crippen LogP contribution in [0.15, 0.2) is 249 Å². The van der Waals surface area contributed by atoms with Crippen LogP contribution in [-0.4, -0.2) is 4.98 Å². The smallest absolute Gasteiger partial charge is 0.0725 e. The van der Waals surface area contributed by atoms with Crippen molar-refractivity contribution in [2.24, 2.45) is 0 Å². The Labute approximate surface area is 400 Å². The van der Waals surface area contributed by atoms with Crippen LogP contribution in [0.5, 0.6) is 0 Å². The lowest BCUT2D eigenvalue weighted by molar-refractivity contribution is 0.794. The topological polar surface area (TPSA) is 12.9 Å². The highest BCUT2D eigenvalue weighted by Gasteiger charge is 2.51. The molecule has 316 valence electrons. The lowest BCUT2D eigenvalue weighted by atomic mass is 9.70. The Bertz CT molecular complexity index is 3960. The summed E-state index contributed by atoms with van der Waals surface area (Å²) in [5.74, 6) is 0. The Hall–Kier alpha value is -8.43. The van der Waals surface area contributed by atoms with Gasteiger partial charge in [-0.1, -0.05) is 188 Å². The Morgan fingerprint density at radius 3 is 1.07 bits per heavy atom. The summed E-state index contributed by atoms with van der Waals surface area (Å²) < 4.78 is 2.51. The molecule has 0 N–H and O–H groups in total. The number of rotatable bonds is 6. The molecule has 14 rings (SSSR count). The van der Waals surface area contributed by atoms with Gasteiger partial charge in [0.2, 0.25) is 0 Å². The minimum absolute atomic E-state index is 0.332. The molecule has 0 radical (unpaired) electrons. The largest absolute Gasteiger partial charge is 0.263 e. The molecule has 1 spiro atoms. The molecule has 2 aliphatic rings. The predicted molar refractivity (Wildman–Crippen MR) is 286 cm³/mol. The van der Waals surface area contributed by atoms with Gasteiger partial charge in [0.05, 0.1) is 10.1 Å². The molecule has 2 aromatic heterocycles. The molecule has 2 aliphatic carbocycles. The maximum atomic E-state index is 4.35. The Balaban J connectivity index is 0.768. The van der Waals surface area contributed by atoms with Gasteiger partial charge in [-0.2, -0.15) is 0 Å². The van der Waals surface area contributed by atoms with Gasteiger partial charge in [-0.3, -0.25) is 4.98 Å². The van der Waals surface area contributed by atoms with E-state index in [1.165, 1.54) is 131 Å². The molecule has 12 aromatic rings. The average Bonchev–Trinajstić information content (AvgIpc) is 4.05. The van der Waals surface area contributed by atoms with Crippen LogP contribution in [0.2, 0.25) is 0 Å². The summed E-state index contributed by atoms with van der Waals surface area (Å²) in [6.07, 6.45) is 3.85. The number of hydrogen-bond acceptors (Lipinski definition) is 2. The molecular formula is C66H41NS. The zero-order valence-corrected chi connectivity index (χ0v) is 37.8. The molecule has 1 nitrogen and oxygen atoms in total. The number of pyridine rings is 1. The number of benzene rings is 10. The maximum Gasteiger partial charge on any atom is 0.0725 e. The lowest BCUT2D eigenvalue weighted by Gasteiger charge is -2.30. The molecule has 68 heavy (non-hydrogen) atoms.